The fourth-order valence-electron chi connectivity index (χ4n) is 3.60. The molecule has 1 aliphatic rings. The summed E-state index contributed by atoms with van der Waals surface area (Å²) in [5, 5.41) is 5.06. The van der Waals surface area contributed by atoms with Crippen LogP contribution in [0.15, 0.2) is 64.9 Å². The van der Waals surface area contributed by atoms with Crippen molar-refractivity contribution in [2.45, 2.75) is 24.8 Å². The predicted octanol–water partition coefficient (Wildman–Crippen LogP) is 3.65. The van der Waals surface area contributed by atoms with Crippen molar-refractivity contribution in [1.29, 1.82) is 0 Å². The second-order valence-corrected chi connectivity index (χ2v) is 10.3. The van der Waals surface area contributed by atoms with E-state index in [-0.39, 0.29) is 10.8 Å². The van der Waals surface area contributed by atoms with Crippen LogP contribution in [0.2, 0.25) is 0 Å². The Kier molecular flexibility index (Phi) is 6.41. The lowest BCUT2D eigenvalue weighted by Crippen LogP contribution is -2.37. The average Bonchev–Trinajstić information content (AvgIpc) is 3.23. The summed E-state index contributed by atoms with van der Waals surface area (Å²) in [5.41, 5.74) is 3.20. The van der Waals surface area contributed by atoms with Crippen LogP contribution < -0.4 is 10.0 Å². The van der Waals surface area contributed by atoms with Gasteiger partial charge in [0.2, 0.25) is 0 Å². The van der Waals surface area contributed by atoms with Crippen LogP contribution >= 0.6 is 11.3 Å². The molecule has 0 unspecified atom stereocenters. The van der Waals surface area contributed by atoms with Gasteiger partial charge >= 0.3 is 0 Å². The van der Waals surface area contributed by atoms with Gasteiger partial charge in [-0.1, -0.05) is 18.2 Å². The zero-order chi connectivity index (χ0) is 21.8. The number of thiophene rings is 1. The average molecular weight is 456 g/mol. The van der Waals surface area contributed by atoms with Gasteiger partial charge in [0.15, 0.2) is 0 Å². The highest BCUT2D eigenvalue weighted by atomic mass is 32.2. The molecule has 6 nitrogen and oxygen atoms in total. The van der Waals surface area contributed by atoms with Crippen LogP contribution in [-0.2, 0) is 23.0 Å². The number of hydrogen-bond donors (Lipinski definition) is 2. The molecule has 0 fully saturated rings. The Morgan fingerprint density at radius 2 is 1.87 bits per heavy atom. The van der Waals surface area contributed by atoms with Crippen molar-refractivity contribution in [2.24, 2.45) is 0 Å². The van der Waals surface area contributed by atoms with Gasteiger partial charge < -0.3 is 5.32 Å². The van der Waals surface area contributed by atoms with Gasteiger partial charge in [-0.3, -0.25) is 14.4 Å². The van der Waals surface area contributed by atoms with E-state index in [1.807, 2.05) is 30.4 Å². The van der Waals surface area contributed by atoms with E-state index in [2.05, 4.69) is 26.4 Å². The number of sulfonamides is 1. The van der Waals surface area contributed by atoms with Crippen LogP contribution in [0.1, 0.15) is 26.4 Å². The lowest BCUT2D eigenvalue weighted by molar-refractivity contribution is 0.0947. The minimum Gasteiger partial charge on any atom is -0.351 e. The van der Waals surface area contributed by atoms with E-state index >= 15 is 0 Å². The third kappa shape index (κ3) is 5.15. The van der Waals surface area contributed by atoms with Crippen molar-refractivity contribution >= 4 is 33.0 Å². The van der Waals surface area contributed by atoms with Crippen LogP contribution in [0.3, 0.4) is 0 Å². The predicted molar refractivity (Wildman–Crippen MR) is 124 cm³/mol. The molecule has 8 heteroatoms. The normalized spacial score (nSPS) is 14.1. The summed E-state index contributed by atoms with van der Waals surface area (Å²) in [6.07, 6.45) is 1.06. The van der Waals surface area contributed by atoms with Crippen molar-refractivity contribution in [3.05, 3.63) is 81.5 Å². The summed E-state index contributed by atoms with van der Waals surface area (Å²) in [4.78, 5) is 16.4. The molecular formula is C23H25N3O3S2. The number of hydrogen-bond acceptors (Lipinski definition) is 5. The molecule has 0 spiro atoms. The molecule has 0 bridgehead atoms. The molecular weight excluding hydrogens is 430 g/mol. The van der Waals surface area contributed by atoms with Gasteiger partial charge in [-0.2, -0.15) is 0 Å². The van der Waals surface area contributed by atoms with Crippen LogP contribution in [0.25, 0.3) is 0 Å². The van der Waals surface area contributed by atoms with Crippen molar-refractivity contribution in [3.8, 4) is 0 Å². The standard InChI is InChI=1S/C23H25N3O3S2/c1-17-4-2-3-5-21(17)25-31(28,29)20-8-6-18(7-9-20)23(27)24-12-14-26-13-10-22-19(16-26)11-15-30-22/h2-9,11,15,25H,10,12-14,16H2,1H3,(H,24,27). The first kappa shape index (κ1) is 21.5. The number of rotatable bonds is 7. The Labute approximate surface area is 187 Å². The van der Waals surface area contributed by atoms with Crippen LogP contribution in [0.4, 0.5) is 5.69 Å². The minimum atomic E-state index is -3.72. The molecule has 2 N–H and O–H groups in total. The Morgan fingerprint density at radius 1 is 1.10 bits per heavy atom. The molecule has 0 atom stereocenters. The smallest absolute Gasteiger partial charge is 0.261 e. The quantitative estimate of drug-likeness (QED) is 0.570. The molecule has 0 saturated carbocycles. The summed E-state index contributed by atoms with van der Waals surface area (Å²) in [7, 11) is -3.72. The monoisotopic (exact) mass is 455 g/mol. The number of benzene rings is 2. The SMILES string of the molecule is Cc1ccccc1NS(=O)(=O)c1ccc(C(=O)NCCN2CCc3sccc3C2)cc1. The highest BCUT2D eigenvalue weighted by Crippen LogP contribution is 2.23. The zero-order valence-corrected chi connectivity index (χ0v) is 18.9. The lowest BCUT2D eigenvalue weighted by atomic mass is 10.1. The fourth-order valence-corrected chi connectivity index (χ4v) is 5.62. The van der Waals surface area contributed by atoms with E-state index in [1.54, 1.807) is 24.3 Å². The van der Waals surface area contributed by atoms with Gasteiger partial charge in [0.1, 0.15) is 0 Å². The van der Waals surface area contributed by atoms with Gasteiger partial charge in [-0.05, 0) is 66.2 Å². The summed E-state index contributed by atoms with van der Waals surface area (Å²) in [5.74, 6) is -0.205. The third-order valence-corrected chi connectivity index (χ3v) is 7.82. The maximum atomic E-state index is 12.6. The Balaban J connectivity index is 1.31. The molecule has 2 heterocycles. The van der Waals surface area contributed by atoms with Gasteiger partial charge in [0.25, 0.3) is 15.9 Å². The highest BCUT2D eigenvalue weighted by molar-refractivity contribution is 7.92. The fraction of sp³-hybridized carbons (Fsp3) is 0.261. The number of carbonyl (C=O) groups is 1. The number of anilines is 1. The van der Waals surface area contributed by atoms with Crippen molar-refractivity contribution in [1.82, 2.24) is 10.2 Å². The number of aryl methyl sites for hydroxylation is 1. The summed E-state index contributed by atoms with van der Waals surface area (Å²) >= 11 is 1.81. The Bertz CT molecular complexity index is 1170. The first-order valence-corrected chi connectivity index (χ1v) is 12.5. The molecule has 162 valence electrons. The van der Waals surface area contributed by atoms with Gasteiger partial charge in [-0.15, -0.1) is 11.3 Å². The molecule has 3 aromatic rings. The maximum Gasteiger partial charge on any atom is 0.261 e. The van der Waals surface area contributed by atoms with Crippen molar-refractivity contribution < 1.29 is 13.2 Å². The number of nitrogens with zero attached hydrogens (tertiary/aromatic N) is 1. The second-order valence-electron chi connectivity index (χ2n) is 7.60. The topological polar surface area (TPSA) is 78.5 Å². The van der Waals surface area contributed by atoms with E-state index in [0.29, 0.717) is 17.8 Å². The van der Waals surface area contributed by atoms with Gasteiger partial charge in [0, 0.05) is 36.6 Å². The zero-order valence-electron chi connectivity index (χ0n) is 17.3. The van der Waals surface area contributed by atoms with Crippen LogP contribution in [0, 0.1) is 6.92 Å². The van der Waals surface area contributed by atoms with E-state index in [9.17, 15) is 13.2 Å². The highest BCUT2D eigenvalue weighted by Gasteiger charge is 2.18. The molecule has 4 rings (SSSR count). The summed E-state index contributed by atoms with van der Waals surface area (Å²) in [6, 6.07) is 15.4. The third-order valence-electron chi connectivity index (χ3n) is 5.42. The van der Waals surface area contributed by atoms with E-state index < -0.39 is 10.0 Å². The summed E-state index contributed by atoms with van der Waals surface area (Å²) in [6.45, 7) is 5.11. The van der Waals surface area contributed by atoms with Crippen LogP contribution in [0.5, 0.6) is 0 Å². The first-order valence-electron chi connectivity index (χ1n) is 10.2. The van der Waals surface area contributed by atoms with Crippen LogP contribution in [-0.4, -0.2) is 38.9 Å². The first-order chi connectivity index (χ1) is 14.9. The Hall–Kier alpha value is -2.68. The molecule has 31 heavy (non-hydrogen) atoms. The van der Waals surface area contributed by atoms with Gasteiger partial charge in [0.05, 0.1) is 10.6 Å². The van der Waals surface area contributed by atoms with Gasteiger partial charge in [-0.25, -0.2) is 8.42 Å². The maximum absolute atomic E-state index is 12.6. The Morgan fingerprint density at radius 3 is 2.65 bits per heavy atom. The number of amides is 1. The largest absolute Gasteiger partial charge is 0.351 e. The van der Waals surface area contributed by atoms with E-state index in [4.69, 9.17) is 0 Å². The lowest BCUT2D eigenvalue weighted by Gasteiger charge is -2.26. The number of nitrogens with one attached hydrogen (secondary N) is 2. The van der Waals surface area contributed by atoms with E-state index in [0.717, 1.165) is 31.6 Å². The molecule has 0 aliphatic carbocycles. The van der Waals surface area contributed by atoms with Crippen molar-refractivity contribution in [3.63, 3.8) is 0 Å². The van der Waals surface area contributed by atoms with E-state index in [1.165, 1.54) is 22.6 Å². The molecule has 1 amide bonds. The number of fused-ring (bicyclic) bond motifs is 1. The summed E-state index contributed by atoms with van der Waals surface area (Å²) < 4.78 is 27.9. The molecule has 2 aromatic carbocycles. The second kappa shape index (κ2) is 9.21. The van der Waals surface area contributed by atoms with Crippen molar-refractivity contribution in [2.75, 3.05) is 24.4 Å². The molecule has 0 radical (unpaired) electrons. The molecule has 1 aliphatic heterocycles. The molecule has 0 saturated heterocycles. The minimum absolute atomic E-state index is 0.118. The molecule has 1 aromatic heterocycles. The number of para-hydroxylation sites is 1. The number of carbonyl (C=O) groups excluding carboxylic acids is 1.